The molecule has 17 heavy (non-hydrogen) atoms. The first kappa shape index (κ1) is 13.3. The minimum Gasteiger partial charge on any atom is -0.486 e. The van der Waals surface area contributed by atoms with Gasteiger partial charge >= 0.3 is 0 Å². The number of rotatable bonds is 7. The molecular weight excluding hydrogens is 214 g/mol. The Labute approximate surface area is 102 Å². The standard InChI is InChI=1S/C14H19NO2/c1-4-5-6-12(16)10-17-13-7-8-14(15-3)11(2)9-13/h4,7-9,15H,1,5-6,10H2,2-3H3. The maximum absolute atomic E-state index is 11.4. The molecule has 1 aromatic rings. The average molecular weight is 233 g/mol. The van der Waals surface area contributed by atoms with Crippen molar-refractivity contribution in [2.45, 2.75) is 19.8 Å². The summed E-state index contributed by atoms with van der Waals surface area (Å²) in [6.45, 7) is 5.71. The van der Waals surface area contributed by atoms with Crippen molar-refractivity contribution in [2.24, 2.45) is 0 Å². The van der Waals surface area contributed by atoms with Crippen LogP contribution in [0.15, 0.2) is 30.9 Å². The quantitative estimate of drug-likeness (QED) is 0.736. The lowest BCUT2D eigenvalue weighted by atomic mass is 10.2. The number of benzene rings is 1. The van der Waals surface area contributed by atoms with Crippen LogP contribution in [0.25, 0.3) is 0 Å². The molecule has 92 valence electrons. The van der Waals surface area contributed by atoms with Crippen molar-refractivity contribution in [1.29, 1.82) is 0 Å². The predicted molar refractivity (Wildman–Crippen MR) is 70.7 cm³/mol. The molecule has 0 atom stereocenters. The van der Waals surface area contributed by atoms with Gasteiger partial charge in [0.25, 0.3) is 0 Å². The molecule has 0 heterocycles. The van der Waals surface area contributed by atoms with E-state index in [0.717, 1.165) is 17.0 Å². The van der Waals surface area contributed by atoms with Crippen molar-refractivity contribution in [3.8, 4) is 5.75 Å². The number of carbonyl (C=O) groups is 1. The monoisotopic (exact) mass is 233 g/mol. The minimum atomic E-state index is 0.0975. The predicted octanol–water partition coefficient (Wildman–Crippen LogP) is 2.95. The number of ketones is 1. The Kier molecular flexibility index (Phi) is 5.27. The molecule has 0 amide bonds. The molecule has 0 aromatic heterocycles. The lowest BCUT2D eigenvalue weighted by Crippen LogP contribution is -2.10. The van der Waals surface area contributed by atoms with Crippen LogP contribution in [-0.2, 0) is 4.79 Å². The van der Waals surface area contributed by atoms with Crippen LogP contribution in [0.5, 0.6) is 5.75 Å². The summed E-state index contributed by atoms with van der Waals surface area (Å²) in [5, 5.41) is 3.08. The van der Waals surface area contributed by atoms with E-state index >= 15 is 0 Å². The highest BCUT2D eigenvalue weighted by Gasteiger charge is 2.03. The number of ether oxygens (including phenoxy) is 1. The van der Waals surface area contributed by atoms with Gasteiger partial charge in [-0.2, -0.15) is 0 Å². The fourth-order valence-electron chi connectivity index (χ4n) is 1.51. The molecule has 0 aliphatic heterocycles. The fourth-order valence-corrected chi connectivity index (χ4v) is 1.51. The van der Waals surface area contributed by atoms with E-state index in [9.17, 15) is 4.79 Å². The van der Waals surface area contributed by atoms with Crippen LogP contribution in [0.4, 0.5) is 5.69 Å². The van der Waals surface area contributed by atoms with E-state index in [1.54, 1.807) is 6.08 Å². The second-order valence-electron chi connectivity index (χ2n) is 3.88. The summed E-state index contributed by atoms with van der Waals surface area (Å²) in [5.41, 5.74) is 2.17. The van der Waals surface area contributed by atoms with Crippen molar-refractivity contribution in [3.05, 3.63) is 36.4 Å². The smallest absolute Gasteiger partial charge is 0.170 e. The van der Waals surface area contributed by atoms with E-state index in [1.807, 2.05) is 32.2 Å². The van der Waals surface area contributed by atoms with E-state index in [4.69, 9.17) is 4.74 Å². The second-order valence-corrected chi connectivity index (χ2v) is 3.88. The topological polar surface area (TPSA) is 38.3 Å². The lowest BCUT2D eigenvalue weighted by Gasteiger charge is -2.09. The number of hydrogen-bond acceptors (Lipinski definition) is 3. The van der Waals surface area contributed by atoms with Gasteiger partial charge in [0.1, 0.15) is 12.4 Å². The van der Waals surface area contributed by atoms with Crippen LogP contribution in [0, 0.1) is 6.92 Å². The summed E-state index contributed by atoms with van der Waals surface area (Å²) in [6.07, 6.45) is 2.95. The summed E-state index contributed by atoms with van der Waals surface area (Å²) < 4.78 is 5.43. The lowest BCUT2D eigenvalue weighted by molar-refractivity contribution is -0.120. The van der Waals surface area contributed by atoms with Gasteiger partial charge in [0.05, 0.1) is 0 Å². The average Bonchev–Trinajstić information content (AvgIpc) is 2.34. The molecule has 3 nitrogen and oxygen atoms in total. The van der Waals surface area contributed by atoms with Gasteiger partial charge in [-0.3, -0.25) is 4.79 Å². The van der Waals surface area contributed by atoms with E-state index in [2.05, 4.69) is 11.9 Å². The third-order valence-electron chi connectivity index (χ3n) is 2.49. The zero-order chi connectivity index (χ0) is 12.7. The summed E-state index contributed by atoms with van der Waals surface area (Å²) in [4.78, 5) is 11.4. The number of hydrogen-bond donors (Lipinski definition) is 1. The molecule has 0 aliphatic carbocycles. The Morgan fingerprint density at radius 3 is 2.88 bits per heavy atom. The minimum absolute atomic E-state index is 0.0975. The zero-order valence-corrected chi connectivity index (χ0v) is 10.5. The SMILES string of the molecule is C=CCCC(=O)COc1ccc(NC)c(C)c1. The molecule has 0 unspecified atom stereocenters. The van der Waals surface area contributed by atoms with Crippen molar-refractivity contribution < 1.29 is 9.53 Å². The molecule has 1 rings (SSSR count). The van der Waals surface area contributed by atoms with Crippen LogP contribution >= 0.6 is 0 Å². The largest absolute Gasteiger partial charge is 0.486 e. The Morgan fingerprint density at radius 1 is 1.53 bits per heavy atom. The third-order valence-corrected chi connectivity index (χ3v) is 2.49. The summed E-state index contributed by atoms with van der Waals surface area (Å²) in [7, 11) is 1.88. The first-order valence-electron chi connectivity index (χ1n) is 5.71. The van der Waals surface area contributed by atoms with Gasteiger partial charge in [0.2, 0.25) is 0 Å². The molecule has 3 heteroatoms. The molecular formula is C14H19NO2. The number of anilines is 1. The molecule has 0 saturated heterocycles. The highest BCUT2D eigenvalue weighted by atomic mass is 16.5. The molecule has 0 saturated carbocycles. The highest BCUT2D eigenvalue weighted by Crippen LogP contribution is 2.20. The normalized spacial score (nSPS) is 9.76. The van der Waals surface area contributed by atoms with E-state index in [0.29, 0.717) is 12.8 Å². The molecule has 1 aromatic carbocycles. The Morgan fingerprint density at radius 2 is 2.29 bits per heavy atom. The molecule has 0 aliphatic rings. The summed E-state index contributed by atoms with van der Waals surface area (Å²) >= 11 is 0. The Bertz CT molecular complexity index is 399. The Balaban J connectivity index is 2.49. The van der Waals surface area contributed by atoms with E-state index in [-0.39, 0.29) is 12.4 Å². The van der Waals surface area contributed by atoms with Crippen molar-refractivity contribution in [2.75, 3.05) is 19.0 Å². The summed E-state index contributed by atoms with van der Waals surface area (Å²) in [5.74, 6) is 0.827. The van der Waals surface area contributed by atoms with Gasteiger partial charge < -0.3 is 10.1 Å². The number of carbonyl (C=O) groups excluding carboxylic acids is 1. The van der Waals surface area contributed by atoms with Crippen LogP contribution in [-0.4, -0.2) is 19.4 Å². The number of nitrogens with one attached hydrogen (secondary N) is 1. The van der Waals surface area contributed by atoms with Gasteiger partial charge in [0.15, 0.2) is 5.78 Å². The third kappa shape index (κ3) is 4.31. The molecule has 0 fully saturated rings. The first-order chi connectivity index (χ1) is 8.17. The van der Waals surface area contributed by atoms with Gasteiger partial charge in [-0.1, -0.05) is 6.08 Å². The van der Waals surface area contributed by atoms with Gasteiger partial charge in [0, 0.05) is 19.2 Å². The number of Topliss-reactive ketones (excluding diaryl/α,β-unsaturated/α-hetero) is 1. The number of allylic oxidation sites excluding steroid dienone is 1. The highest BCUT2D eigenvalue weighted by molar-refractivity contribution is 5.80. The van der Waals surface area contributed by atoms with Crippen molar-refractivity contribution in [1.82, 2.24) is 0 Å². The Hall–Kier alpha value is -1.77. The molecule has 1 N–H and O–H groups in total. The van der Waals surface area contributed by atoms with Crippen LogP contribution in [0.3, 0.4) is 0 Å². The van der Waals surface area contributed by atoms with Crippen LogP contribution in [0.2, 0.25) is 0 Å². The van der Waals surface area contributed by atoms with Crippen molar-refractivity contribution >= 4 is 11.5 Å². The van der Waals surface area contributed by atoms with Gasteiger partial charge in [-0.15, -0.1) is 6.58 Å². The number of aryl methyl sites for hydroxylation is 1. The maximum Gasteiger partial charge on any atom is 0.170 e. The fraction of sp³-hybridized carbons (Fsp3) is 0.357. The molecule has 0 spiro atoms. The van der Waals surface area contributed by atoms with Gasteiger partial charge in [-0.05, 0) is 37.1 Å². The molecule has 0 radical (unpaired) electrons. The van der Waals surface area contributed by atoms with Crippen LogP contribution < -0.4 is 10.1 Å². The van der Waals surface area contributed by atoms with Gasteiger partial charge in [-0.25, -0.2) is 0 Å². The van der Waals surface area contributed by atoms with E-state index in [1.165, 1.54) is 0 Å². The maximum atomic E-state index is 11.4. The first-order valence-corrected chi connectivity index (χ1v) is 5.71. The van der Waals surface area contributed by atoms with E-state index < -0.39 is 0 Å². The van der Waals surface area contributed by atoms with Crippen LogP contribution in [0.1, 0.15) is 18.4 Å². The van der Waals surface area contributed by atoms with Crippen molar-refractivity contribution in [3.63, 3.8) is 0 Å². The second kappa shape index (κ2) is 6.74. The zero-order valence-electron chi connectivity index (χ0n) is 10.5. The molecule has 0 bridgehead atoms. The summed E-state index contributed by atoms with van der Waals surface area (Å²) in [6, 6.07) is 5.73.